The number of carboxylic acids is 1. The van der Waals surface area contributed by atoms with Gasteiger partial charge >= 0.3 is 5.97 Å². The van der Waals surface area contributed by atoms with Crippen LogP contribution in [0.2, 0.25) is 0 Å². The predicted molar refractivity (Wildman–Crippen MR) is 64.4 cm³/mol. The van der Waals surface area contributed by atoms with Crippen molar-refractivity contribution < 1.29 is 14.7 Å². The fourth-order valence-corrected chi connectivity index (χ4v) is 2.57. The second kappa shape index (κ2) is 5.49. The maximum atomic E-state index is 11.8. The number of likely N-dealkylation sites (tertiary alicyclic amines) is 1. The number of nitrogens with two attached hydrogens (primary N) is 1. The van der Waals surface area contributed by atoms with E-state index in [1.165, 1.54) is 0 Å². The third-order valence-corrected chi connectivity index (χ3v) is 3.46. The van der Waals surface area contributed by atoms with E-state index in [9.17, 15) is 14.7 Å². The normalized spacial score (nSPS) is 26.6. The van der Waals surface area contributed by atoms with Crippen molar-refractivity contribution in [2.45, 2.75) is 45.6 Å². The Morgan fingerprint density at radius 3 is 2.65 bits per heavy atom. The number of amides is 1. The molecule has 0 aromatic rings. The van der Waals surface area contributed by atoms with Gasteiger partial charge in [-0.05, 0) is 26.2 Å². The van der Waals surface area contributed by atoms with Crippen LogP contribution >= 0.6 is 0 Å². The molecule has 0 bridgehead atoms. The van der Waals surface area contributed by atoms with Gasteiger partial charge in [-0.1, -0.05) is 13.3 Å². The summed E-state index contributed by atoms with van der Waals surface area (Å²) in [6.45, 7) is 4.53. The van der Waals surface area contributed by atoms with Gasteiger partial charge in [0.1, 0.15) is 0 Å². The second-order valence-electron chi connectivity index (χ2n) is 4.99. The van der Waals surface area contributed by atoms with Crippen LogP contribution in [0.4, 0.5) is 0 Å². The average Bonchev–Trinajstić information content (AvgIpc) is 2.28. The van der Waals surface area contributed by atoms with E-state index >= 15 is 0 Å². The van der Waals surface area contributed by atoms with Gasteiger partial charge in [0.25, 0.3) is 0 Å². The molecule has 1 aliphatic rings. The van der Waals surface area contributed by atoms with Crippen molar-refractivity contribution in [1.29, 1.82) is 0 Å². The molecule has 1 rings (SSSR count). The molecule has 17 heavy (non-hydrogen) atoms. The third-order valence-electron chi connectivity index (χ3n) is 3.46. The zero-order chi connectivity index (χ0) is 13.1. The summed E-state index contributed by atoms with van der Waals surface area (Å²) in [5, 5.41) is 9.39. The Bertz CT molecular complexity index is 300. The first-order chi connectivity index (χ1) is 7.93. The van der Waals surface area contributed by atoms with Crippen LogP contribution in [0.25, 0.3) is 0 Å². The van der Waals surface area contributed by atoms with Crippen molar-refractivity contribution in [2.75, 3.05) is 13.1 Å². The van der Waals surface area contributed by atoms with Crippen molar-refractivity contribution in [2.24, 2.45) is 11.1 Å². The number of carboxylic acid groups (broad SMARTS) is 1. The lowest BCUT2D eigenvalue weighted by Crippen LogP contribution is -2.53. The number of carbonyl (C=O) groups is 2. The molecule has 1 heterocycles. The minimum Gasteiger partial charge on any atom is -0.481 e. The molecule has 0 aliphatic carbocycles. The summed E-state index contributed by atoms with van der Waals surface area (Å²) in [4.78, 5) is 24.9. The molecule has 3 N–H and O–H groups in total. The lowest BCUT2D eigenvalue weighted by atomic mass is 9.76. The maximum Gasteiger partial charge on any atom is 0.311 e. The Balaban J connectivity index is 2.82. The molecule has 0 aromatic heterocycles. The molecule has 2 unspecified atom stereocenters. The van der Waals surface area contributed by atoms with Crippen LogP contribution in [0.15, 0.2) is 0 Å². The summed E-state index contributed by atoms with van der Waals surface area (Å²) in [7, 11) is 0. The minimum absolute atomic E-state index is 0.147. The first-order valence-electron chi connectivity index (χ1n) is 6.21. The number of aliphatic carboxylic acids is 1. The summed E-state index contributed by atoms with van der Waals surface area (Å²) >= 11 is 0. The van der Waals surface area contributed by atoms with Crippen LogP contribution in [-0.2, 0) is 9.59 Å². The molecular formula is C12H22N2O3. The Hall–Kier alpha value is -1.10. The highest BCUT2D eigenvalue weighted by Crippen LogP contribution is 2.35. The van der Waals surface area contributed by atoms with E-state index in [1.54, 1.807) is 11.8 Å². The first kappa shape index (κ1) is 14.0. The Labute approximate surface area is 102 Å². The van der Waals surface area contributed by atoms with E-state index in [-0.39, 0.29) is 5.91 Å². The van der Waals surface area contributed by atoms with Gasteiger partial charge in [-0.15, -0.1) is 0 Å². The zero-order valence-corrected chi connectivity index (χ0v) is 10.6. The van der Waals surface area contributed by atoms with Gasteiger partial charge in [0, 0.05) is 13.1 Å². The van der Waals surface area contributed by atoms with Crippen LogP contribution < -0.4 is 5.73 Å². The Morgan fingerprint density at radius 2 is 2.18 bits per heavy atom. The van der Waals surface area contributed by atoms with Crippen LogP contribution in [-0.4, -0.2) is 41.0 Å². The molecule has 2 atom stereocenters. The summed E-state index contributed by atoms with van der Waals surface area (Å²) in [6, 6.07) is -0.554. The van der Waals surface area contributed by atoms with Crippen LogP contribution in [0, 0.1) is 5.41 Å². The van der Waals surface area contributed by atoms with Crippen LogP contribution in [0.5, 0.6) is 0 Å². The van der Waals surface area contributed by atoms with E-state index in [4.69, 9.17) is 5.73 Å². The fraction of sp³-hybridized carbons (Fsp3) is 0.833. The predicted octanol–water partition coefficient (Wildman–Crippen LogP) is 0.827. The molecule has 0 saturated carbocycles. The first-order valence-corrected chi connectivity index (χ1v) is 6.21. The van der Waals surface area contributed by atoms with Crippen molar-refractivity contribution in [3.8, 4) is 0 Å². The number of hydrogen-bond acceptors (Lipinski definition) is 3. The molecule has 1 aliphatic heterocycles. The van der Waals surface area contributed by atoms with E-state index in [2.05, 4.69) is 0 Å². The van der Waals surface area contributed by atoms with Crippen molar-refractivity contribution in [3.05, 3.63) is 0 Å². The van der Waals surface area contributed by atoms with Crippen LogP contribution in [0.3, 0.4) is 0 Å². The number of carbonyl (C=O) groups excluding carboxylic acids is 1. The van der Waals surface area contributed by atoms with E-state index in [0.717, 1.165) is 12.8 Å². The summed E-state index contributed by atoms with van der Waals surface area (Å²) in [5.74, 6) is -0.937. The van der Waals surface area contributed by atoms with Crippen LogP contribution in [0.1, 0.15) is 39.5 Å². The monoisotopic (exact) mass is 242 g/mol. The largest absolute Gasteiger partial charge is 0.481 e. The molecule has 1 amide bonds. The molecule has 0 aromatic carbocycles. The Morgan fingerprint density at radius 1 is 1.53 bits per heavy atom. The van der Waals surface area contributed by atoms with Gasteiger partial charge in [0.05, 0.1) is 11.5 Å². The third kappa shape index (κ3) is 2.97. The lowest BCUT2D eigenvalue weighted by molar-refractivity contribution is -0.155. The lowest BCUT2D eigenvalue weighted by Gasteiger charge is -2.40. The van der Waals surface area contributed by atoms with Crippen molar-refractivity contribution >= 4 is 11.9 Å². The van der Waals surface area contributed by atoms with E-state index in [1.807, 2.05) is 6.92 Å². The molecule has 0 spiro atoms. The standard InChI is InChI=1S/C12H22N2O3/c1-3-5-12(11(16)17)6-4-7-14(8-12)10(15)9(2)13/h9H,3-8,13H2,1-2H3,(H,16,17). The highest BCUT2D eigenvalue weighted by molar-refractivity contribution is 5.83. The van der Waals surface area contributed by atoms with Gasteiger partial charge in [0.15, 0.2) is 0 Å². The number of rotatable bonds is 4. The molecule has 5 heteroatoms. The SMILES string of the molecule is CCCC1(C(=O)O)CCCN(C(=O)C(C)N)C1. The molecule has 0 radical (unpaired) electrons. The average molecular weight is 242 g/mol. The van der Waals surface area contributed by atoms with Gasteiger partial charge in [-0.3, -0.25) is 9.59 Å². The van der Waals surface area contributed by atoms with Gasteiger partial charge in [0.2, 0.25) is 5.91 Å². The Kier molecular flexibility index (Phi) is 4.51. The molecule has 1 saturated heterocycles. The van der Waals surface area contributed by atoms with Gasteiger partial charge in [-0.25, -0.2) is 0 Å². The smallest absolute Gasteiger partial charge is 0.311 e. The maximum absolute atomic E-state index is 11.8. The van der Waals surface area contributed by atoms with Gasteiger partial charge in [-0.2, -0.15) is 0 Å². The second-order valence-corrected chi connectivity index (χ2v) is 4.99. The molecule has 1 fully saturated rings. The highest BCUT2D eigenvalue weighted by Gasteiger charge is 2.43. The van der Waals surface area contributed by atoms with Crippen molar-refractivity contribution in [3.63, 3.8) is 0 Å². The van der Waals surface area contributed by atoms with E-state index in [0.29, 0.717) is 25.9 Å². The number of piperidine rings is 1. The number of nitrogens with zero attached hydrogens (tertiary/aromatic N) is 1. The topological polar surface area (TPSA) is 83.6 Å². The molecule has 5 nitrogen and oxygen atoms in total. The highest BCUT2D eigenvalue weighted by atomic mass is 16.4. The summed E-state index contributed by atoms with van der Waals surface area (Å²) in [6.07, 6.45) is 2.82. The van der Waals surface area contributed by atoms with Gasteiger partial charge < -0.3 is 15.7 Å². The van der Waals surface area contributed by atoms with Crippen molar-refractivity contribution in [1.82, 2.24) is 4.90 Å². The summed E-state index contributed by atoms with van der Waals surface area (Å²) < 4.78 is 0. The summed E-state index contributed by atoms with van der Waals surface area (Å²) in [5.41, 5.74) is 4.80. The van der Waals surface area contributed by atoms with E-state index < -0.39 is 17.4 Å². The fourth-order valence-electron chi connectivity index (χ4n) is 2.57. The minimum atomic E-state index is -0.790. The zero-order valence-electron chi connectivity index (χ0n) is 10.6. The molecular weight excluding hydrogens is 220 g/mol. The quantitative estimate of drug-likeness (QED) is 0.764. The number of hydrogen-bond donors (Lipinski definition) is 2. The molecule has 98 valence electrons.